The maximum atomic E-state index is 12.7. The van der Waals surface area contributed by atoms with Gasteiger partial charge in [-0.2, -0.15) is 4.98 Å². The predicted octanol–water partition coefficient (Wildman–Crippen LogP) is 2.52. The van der Waals surface area contributed by atoms with E-state index in [0.29, 0.717) is 6.61 Å². The van der Waals surface area contributed by atoms with E-state index in [2.05, 4.69) is 4.98 Å². The van der Waals surface area contributed by atoms with Gasteiger partial charge in [0.2, 0.25) is 0 Å². The Labute approximate surface area is 159 Å². The number of hydrogen-bond acceptors (Lipinski definition) is 8. The minimum atomic E-state index is -3.38. The summed E-state index contributed by atoms with van der Waals surface area (Å²) in [6.07, 6.45) is 4.92. The Morgan fingerprint density at radius 2 is 2.15 bits per heavy atom. The minimum Gasteiger partial charge on any atom is -0.383 e. The summed E-state index contributed by atoms with van der Waals surface area (Å²) in [6, 6.07) is 1.53. The Hall–Kier alpha value is -1.51. The van der Waals surface area contributed by atoms with Gasteiger partial charge in [-0.3, -0.25) is 9.13 Å². The third kappa shape index (κ3) is 7.20. The van der Waals surface area contributed by atoms with E-state index in [1.54, 1.807) is 26.1 Å². The highest BCUT2D eigenvalue weighted by Gasteiger charge is 2.23. The summed E-state index contributed by atoms with van der Waals surface area (Å²) in [5.74, 6) is 1.53. The van der Waals surface area contributed by atoms with Crippen LogP contribution < -0.4 is 11.4 Å². The second-order valence-electron chi connectivity index (χ2n) is 5.97. The number of ether oxygens (including phenoxy) is 2. The van der Waals surface area contributed by atoms with Crippen LogP contribution in [-0.4, -0.2) is 41.8 Å². The van der Waals surface area contributed by atoms with Crippen LogP contribution in [-0.2, 0) is 29.6 Å². The quantitative estimate of drug-likeness (QED) is 0.595. The van der Waals surface area contributed by atoms with Gasteiger partial charge in [-0.1, -0.05) is 0 Å². The predicted molar refractivity (Wildman–Crippen MR) is 101 cm³/mol. The molecule has 1 aliphatic heterocycles. The van der Waals surface area contributed by atoms with Crippen molar-refractivity contribution in [2.24, 2.45) is 0 Å². The second kappa shape index (κ2) is 10.7. The van der Waals surface area contributed by atoms with Gasteiger partial charge < -0.3 is 24.3 Å². The zero-order valence-corrected chi connectivity index (χ0v) is 16.7. The molecule has 0 radical (unpaired) electrons. The first kappa shape index (κ1) is 21.8. The van der Waals surface area contributed by atoms with Crippen molar-refractivity contribution in [2.75, 3.05) is 25.6 Å². The van der Waals surface area contributed by atoms with Crippen LogP contribution in [0.2, 0.25) is 0 Å². The molecule has 0 saturated carbocycles. The van der Waals surface area contributed by atoms with Crippen molar-refractivity contribution in [3.63, 3.8) is 0 Å². The first-order valence-corrected chi connectivity index (χ1v) is 10.7. The fourth-order valence-electron chi connectivity index (χ4n) is 2.62. The average Bonchev–Trinajstić information content (AvgIpc) is 2.63. The summed E-state index contributed by atoms with van der Waals surface area (Å²) in [6.45, 7) is 4.77. The fraction of sp³-hybridized carbons (Fsp3) is 0.647. The third-order valence-corrected chi connectivity index (χ3v) is 5.61. The van der Waals surface area contributed by atoms with Gasteiger partial charge in [0.1, 0.15) is 5.82 Å². The van der Waals surface area contributed by atoms with E-state index >= 15 is 0 Å². The van der Waals surface area contributed by atoms with Gasteiger partial charge in [0.15, 0.2) is 6.29 Å². The molecule has 9 nitrogen and oxygen atoms in total. The highest BCUT2D eigenvalue weighted by atomic mass is 31.2. The lowest BCUT2D eigenvalue weighted by molar-refractivity contribution is -0.180. The number of aromatic nitrogens is 2. The molecule has 2 atom stereocenters. The molecule has 2 heterocycles. The molecule has 0 unspecified atom stereocenters. The van der Waals surface area contributed by atoms with Crippen molar-refractivity contribution in [1.29, 1.82) is 0 Å². The van der Waals surface area contributed by atoms with E-state index in [0.717, 1.165) is 19.3 Å². The molecule has 152 valence electrons. The highest BCUT2D eigenvalue weighted by molar-refractivity contribution is 7.57. The van der Waals surface area contributed by atoms with Crippen LogP contribution in [0.5, 0.6) is 0 Å². The van der Waals surface area contributed by atoms with Gasteiger partial charge in [0.05, 0.1) is 25.9 Å². The lowest BCUT2D eigenvalue weighted by Gasteiger charge is -2.27. The number of rotatable bonds is 10. The molecular formula is C17H28N3O6P. The molecule has 2 rings (SSSR count). The van der Waals surface area contributed by atoms with E-state index in [4.69, 9.17) is 24.3 Å². The van der Waals surface area contributed by atoms with Crippen LogP contribution in [0.25, 0.3) is 0 Å². The maximum Gasteiger partial charge on any atom is 0.353 e. The smallest absolute Gasteiger partial charge is 0.353 e. The monoisotopic (exact) mass is 401 g/mol. The van der Waals surface area contributed by atoms with Crippen molar-refractivity contribution in [3.8, 4) is 0 Å². The molecular weight excluding hydrogens is 373 g/mol. The molecule has 0 spiro atoms. The summed E-state index contributed by atoms with van der Waals surface area (Å²) in [5.41, 5.74) is 5.04. The lowest BCUT2D eigenvalue weighted by Crippen LogP contribution is -2.33. The van der Waals surface area contributed by atoms with E-state index in [9.17, 15) is 9.36 Å². The second-order valence-corrected chi connectivity index (χ2v) is 7.87. The molecule has 1 saturated heterocycles. The van der Waals surface area contributed by atoms with Crippen molar-refractivity contribution in [2.45, 2.75) is 52.0 Å². The molecule has 1 aliphatic rings. The van der Waals surface area contributed by atoms with Gasteiger partial charge in [0.25, 0.3) is 0 Å². The van der Waals surface area contributed by atoms with Gasteiger partial charge in [0, 0.05) is 18.6 Å². The summed E-state index contributed by atoms with van der Waals surface area (Å²) in [5, 5.41) is 0. The molecule has 0 aromatic carbocycles. The molecule has 27 heavy (non-hydrogen) atoms. The Balaban J connectivity index is 2.18. The van der Waals surface area contributed by atoms with Crippen molar-refractivity contribution < 1.29 is 23.1 Å². The molecule has 0 aliphatic carbocycles. The Bertz CT molecular complexity index is 707. The molecule has 1 fully saturated rings. The molecule has 10 heteroatoms. The number of nitrogens with zero attached hydrogens (tertiary/aromatic N) is 2. The van der Waals surface area contributed by atoms with E-state index in [-0.39, 0.29) is 31.9 Å². The number of nitrogen functional groups attached to an aromatic ring is 1. The zero-order valence-electron chi connectivity index (χ0n) is 15.8. The number of nitrogens with two attached hydrogens (primary N) is 1. The molecule has 1 aromatic rings. The van der Waals surface area contributed by atoms with Gasteiger partial charge in [-0.15, -0.1) is 0 Å². The molecule has 1 aromatic heterocycles. The van der Waals surface area contributed by atoms with E-state index in [1.807, 2.05) is 0 Å². The number of anilines is 1. The standard InChI is InChI=1S/C17H28N3O6P/c1-3-24-27(22,25-4-2)12-9-14(26-16-7-5-6-11-23-16)13-20-10-8-15(18)19-17(20)21/h8-10,12,14,16H,3-7,11,13H2,1-2H3,(H2,18,19,21)/b12-9+/t14-,16+/m0/s1. The summed E-state index contributed by atoms with van der Waals surface area (Å²) < 4.78 is 36.1. The normalized spacial score (nSPS) is 19.4. The lowest BCUT2D eigenvalue weighted by atomic mass is 10.2. The molecule has 0 bridgehead atoms. The van der Waals surface area contributed by atoms with Crippen molar-refractivity contribution in [1.82, 2.24) is 9.55 Å². The Morgan fingerprint density at radius 3 is 2.74 bits per heavy atom. The van der Waals surface area contributed by atoms with Gasteiger partial charge >= 0.3 is 13.3 Å². The van der Waals surface area contributed by atoms with Crippen LogP contribution in [0.1, 0.15) is 33.1 Å². The van der Waals surface area contributed by atoms with Crippen LogP contribution >= 0.6 is 7.60 Å². The van der Waals surface area contributed by atoms with Crippen LogP contribution in [0.3, 0.4) is 0 Å². The van der Waals surface area contributed by atoms with Crippen LogP contribution in [0.4, 0.5) is 5.82 Å². The SMILES string of the molecule is CCOP(=O)(/C=C/[C@@H](Cn1ccc(N)nc1=O)O[C@@H]1CCCCO1)OCC. The van der Waals surface area contributed by atoms with E-state index in [1.165, 1.54) is 16.5 Å². The van der Waals surface area contributed by atoms with Gasteiger partial charge in [-0.05, 0) is 45.3 Å². The highest BCUT2D eigenvalue weighted by Crippen LogP contribution is 2.49. The zero-order chi connectivity index (χ0) is 19.7. The fourth-order valence-corrected chi connectivity index (χ4v) is 3.99. The van der Waals surface area contributed by atoms with Gasteiger partial charge in [-0.25, -0.2) is 4.79 Å². The third-order valence-electron chi connectivity index (χ3n) is 3.84. The maximum absolute atomic E-state index is 12.7. The van der Waals surface area contributed by atoms with E-state index < -0.39 is 19.4 Å². The Morgan fingerprint density at radius 1 is 1.41 bits per heavy atom. The summed E-state index contributed by atoms with van der Waals surface area (Å²) in [4.78, 5) is 15.7. The summed E-state index contributed by atoms with van der Waals surface area (Å²) in [7, 11) is -3.38. The first-order valence-electron chi connectivity index (χ1n) is 9.14. The van der Waals surface area contributed by atoms with Crippen molar-refractivity contribution >= 4 is 13.4 Å². The first-order chi connectivity index (χ1) is 13.0. The van der Waals surface area contributed by atoms with Crippen molar-refractivity contribution in [3.05, 3.63) is 34.6 Å². The number of hydrogen-bond donors (Lipinski definition) is 1. The van der Waals surface area contributed by atoms with Crippen LogP contribution in [0, 0.1) is 0 Å². The average molecular weight is 401 g/mol. The molecule has 0 amide bonds. The summed E-state index contributed by atoms with van der Waals surface area (Å²) >= 11 is 0. The largest absolute Gasteiger partial charge is 0.383 e. The van der Waals surface area contributed by atoms with Crippen LogP contribution in [0.15, 0.2) is 29.0 Å². The molecule has 2 N–H and O–H groups in total. The Kier molecular flexibility index (Phi) is 8.66. The minimum absolute atomic E-state index is 0.150. The topological polar surface area (TPSA) is 115 Å².